The van der Waals surface area contributed by atoms with Crippen LogP contribution in [0.3, 0.4) is 0 Å². The molecule has 1 aliphatic rings. The molecular weight excluding hydrogens is 443 g/mol. The zero-order chi connectivity index (χ0) is 23.2. The van der Waals surface area contributed by atoms with Gasteiger partial charge < -0.3 is 14.7 Å². The molecule has 1 aliphatic heterocycles. The summed E-state index contributed by atoms with van der Waals surface area (Å²) in [5.74, 6) is 0.282. The van der Waals surface area contributed by atoms with Crippen LogP contribution in [0, 0.1) is 5.82 Å². The Balaban J connectivity index is 1.21. The number of piperazine rings is 1. The zero-order valence-electron chi connectivity index (χ0n) is 18.2. The molecule has 0 saturated carbocycles. The summed E-state index contributed by atoms with van der Waals surface area (Å²) < 4.78 is 18.8. The molecule has 1 atom stereocenters. The second-order valence-electron chi connectivity index (χ2n) is 8.09. The van der Waals surface area contributed by atoms with Crippen molar-refractivity contribution < 1.29 is 19.0 Å². The lowest BCUT2D eigenvalue weighted by atomic mass is 10.0. The van der Waals surface area contributed by atoms with Gasteiger partial charge in [0.2, 0.25) is 0 Å². The Morgan fingerprint density at radius 2 is 1.48 bits per heavy atom. The summed E-state index contributed by atoms with van der Waals surface area (Å²) in [5, 5.41) is 11.0. The normalized spacial score (nSPS) is 15.3. The molecule has 0 amide bonds. The quantitative estimate of drug-likeness (QED) is 0.500. The summed E-state index contributed by atoms with van der Waals surface area (Å²) in [5.41, 5.74) is 2.14. The van der Waals surface area contributed by atoms with Crippen molar-refractivity contribution in [2.75, 3.05) is 44.2 Å². The lowest BCUT2D eigenvalue weighted by Gasteiger charge is -2.36. The maximum Gasteiger partial charge on any atom is 0.193 e. The van der Waals surface area contributed by atoms with Crippen molar-refractivity contribution in [3.63, 3.8) is 0 Å². The van der Waals surface area contributed by atoms with E-state index in [1.54, 1.807) is 60.7 Å². The van der Waals surface area contributed by atoms with E-state index in [0.29, 0.717) is 28.4 Å². The molecule has 5 nitrogen and oxygen atoms in total. The number of aliphatic hydroxyl groups is 1. The van der Waals surface area contributed by atoms with Crippen LogP contribution in [0.15, 0.2) is 72.8 Å². The number of halogens is 2. The van der Waals surface area contributed by atoms with E-state index >= 15 is 0 Å². The van der Waals surface area contributed by atoms with Crippen molar-refractivity contribution in [1.82, 2.24) is 4.90 Å². The maximum absolute atomic E-state index is 13.1. The summed E-state index contributed by atoms with van der Waals surface area (Å²) in [6.07, 6.45) is -0.627. The number of benzene rings is 3. The van der Waals surface area contributed by atoms with Gasteiger partial charge in [0.05, 0.1) is 0 Å². The molecular formula is C26H26ClFN2O3. The fourth-order valence-corrected chi connectivity index (χ4v) is 3.98. The Morgan fingerprint density at radius 1 is 0.909 bits per heavy atom. The number of carbonyl (C=O) groups is 1. The summed E-state index contributed by atoms with van der Waals surface area (Å²) in [6, 6.07) is 20.2. The molecule has 1 saturated heterocycles. The first-order valence-electron chi connectivity index (χ1n) is 10.9. The Labute approximate surface area is 198 Å². The standard InChI is InChI=1S/C26H26ClFN2O3/c27-21-5-1-19(2-6-21)26(32)20-3-11-25(12-4-20)33-18-24(31)17-29-13-15-30(16-14-29)23-9-7-22(28)8-10-23/h1-12,24,31H,13-18H2/t24-/m0/s1. The predicted octanol–water partition coefficient (Wildman–Crippen LogP) is 4.27. The molecule has 33 heavy (non-hydrogen) atoms. The number of aliphatic hydroxyl groups excluding tert-OH is 1. The number of β-amino-alcohol motifs (C(OH)–C–C–N with tert-alkyl or cyclic N) is 1. The average molecular weight is 469 g/mol. The molecule has 0 bridgehead atoms. The number of nitrogens with zero attached hydrogens (tertiary/aromatic N) is 2. The number of ketones is 1. The number of carbonyl (C=O) groups excluding carboxylic acids is 1. The van der Waals surface area contributed by atoms with Crippen molar-refractivity contribution in [1.29, 1.82) is 0 Å². The number of ether oxygens (including phenoxy) is 1. The van der Waals surface area contributed by atoms with E-state index < -0.39 is 6.10 Å². The summed E-state index contributed by atoms with van der Waals surface area (Å²) in [7, 11) is 0. The van der Waals surface area contributed by atoms with Crippen LogP contribution in [0.5, 0.6) is 5.75 Å². The molecule has 3 aromatic rings. The van der Waals surface area contributed by atoms with Gasteiger partial charge in [-0.25, -0.2) is 4.39 Å². The monoisotopic (exact) mass is 468 g/mol. The van der Waals surface area contributed by atoms with Gasteiger partial charge >= 0.3 is 0 Å². The molecule has 0 radical (unpaired) electrons. The minimum atomic E-state index is -0.627. The second-order valence-corrected chi connectivity index (χ2v) is 8.53. The first-order chi connectivity index (χ1) is 16.0. The maximum atomic E-state index is 13.1. The molecule has 3 aromatic carbocycles. The molecule has 0 unspecified atom stereocenters. The minimum Gasteiger partial charge on any atom is -0.491 e. The van der Waals surface area contributed by atoms with Crippen LogP contribution in [0.25, 0.3) is 0 Å². The van der Waals surface area contributed by atoms with Crippen LogP contribution in [-0.2, 0) is 0 Å². The SMILES string of the molecule is O=C(c1ccc(Cl)cc1)c1ccc(OC[C@@H](O)CN2CCN(c3ccc(F)cc3)CC2)cc1. The fraction of sp³-hybridized carbons (Fsp3) is 0.269. The molecule has 1 N–H and O–H groups in total. The third kappa shape index (κ3) is 6.32. The van der Waals surface area contributed by atoms with Crippen molar-refractivity contribution in [2.24, 2.45) is 0 Å². The fourth-order valence-electron chi connectivity index (χ4n) is 3.85. The molecule has 0 aromatic heterocycles. The number of anilines is 1. The van der Waals surface area contributed by atoms with Gasteiger partial charge in [0.15, 0.2) is 5.78 Å². The number of hydrogen-bond donors (Lipinski definition) is 1. The van der Waals surface area contributed by atoms with Crippen molar-refractivity contribution in [3.05, 3.63) is 94.8 Å². The van der Waals surface area contributed by atoms with Gasteiger partial charge in [-0.3, -0.25) is 9.69 Å². The third-order valence-corrected chi connectivity index (χ3v) is 5.95. The first kappa shape index (κ1) is 23.2. The van der Waals surface area contributed by atoms with Gasteiger partial charge in [-0.15, -0.1) is 0 Å². The second kappa shape index (κ2) is 10.8. The Bertz CT molecular complexity index is 1050. The van der Waals surface area contributed by atoms with E-state index in [1.165, 1.54) is 12.1 Å². The number of rotatable bonds is 8. The van der Waals surface area contributed by atoms with E-state index in [9.17, 15) is 14.3 Å². The summed E-state index contributed by atoms with van der Waals surface area (Å²) in [4.78, 5) is 16.9. The topological polar surface area (TPSA) is 53.0 Å². The Morgan fingerprint density at radius 3 is 2.09 bits per heavy atom. The lowest BCUT2D eigenvalue weighted by Crippen LogP contribution is -2.49. The van der Waals surface area contributed by atoms with Gasteiger partial charge in [-0.2, -0.15) is 0 Å². The molecule has 4 rings (SSSR count). The van der Waals surface area contributed by atoms with E-state index in [-0.39, 0.29) is 18.2 Å². The van der Waals surface area contributed by atoms with Crippen LogP contribution in [0.2, 0.25) is 5.02 Å². The van der Waals surface area contributed by atoms with Crippen LogP contribution >= 0.6 is 11.6 Å². The molecule has 7 heteroatoms. The van der Waals surface area contributed by atoms with Gasteiger partial charge in [0.1, 0.15) is 24.3 Å². The van der Waals surface area contributed by atoms with Crippen LogP contribution in [-0.4, -0.2) is 61.2 Å². The zero-order valence-corrected chi connectivity index (χ0v) is 18.9. The highest BCUT2D eigenvalue weighted by molar-refractivity contribution is 6.30. The highest BCUT2D eigenvalue weighted by atomic mass is 35.5. The van der Waals surface area contributed by atoms with Gasteiger partial charge in [0, 0.05) is 54.6 Å². The van der Waals surface area contributed by atoms with Crippen LogP contribution in [0.4, 0.5) is 10.1 Å². The van der Waals surface area contributed by atoms with Gasteiger partial charge in [0.25, 0.3) is 0 Å². The van der Waals surface area contributed by atoms with Crippen LogP contribution in [0.1, 0.15) is 15.9 Å². The van der Waals surface area contributed by atoms with E-state index in [4.69, 9.17) is 16.3 Å². The van der Waals surface area contributed by atoms with Crippen molar-refractivity contribution in [3.8, 4) is 5.75 Å². The smallest absolute Gasteiger partial charge is 0.193 e. The molecule has 0 aliphatic carbocycles. The summed E-state index contributed by atoms with van der Waals surface area (Å²) in [6.45, 7) is 3.96. The molecule has 1 heterocycles. The van der Waals surface area contributed by atoms with Crippen LogP contribution < -0.4 is 9.64 Å². The first-order valence-corrected chi connectivity index (χ1v) is 11.3. The van der Waals surface area contributed by atoms with Gasteiger partial charge in [-0.05, 0) is 72.8 Å². The van der Waals surface area contributed by atoms with E-state index in [0.717, 1.165) is 31.9 Å². The summed E-state index contributed by atoms with van der Waals surface area (Å²) >= 11 is 5.88. The largest absolute Gasteiger partial charge is 0.491 e. The predicted molar refractivity (Wildman–Crippen MR) is 128 cm³/mol. The molecule has 1 fully saturated rings. The molecule has 172 valence electrons. The third-order valence-electron chi connectivity index (χ3n) is 5.70. The highest BCUT2D eigenvalue weighted by Crippen LogP contribution is 2.19. The molecule has 0 spiro atoms. The minimum absolute atomic E-state index is 0.0852. The lowest BCUT2D eigenvalue weighted by molar-refractivity contribution is 0.0663. The number of hydrogen-bond acceptors (Lipinski definition) is 5. The van der Waals surface area contributed by atoms with E-state index in [2.05, 4.69) is 9.80 Å². The van der Waals surface area contributed by atoms with Crippen molar-refractivity contribution in [2.45, 2.75) is 6.10 Å². The Kier molecular flexibility index (Phi) is 7.60. The average Bonchev–Trinajstić information content (AvgIpc) is 2.84. The van der Waals surface area contributed by atoms with Crippen molar-refractivity contribution >= 4 is 23.1 Å². The van der Waals surface area contributed by atoms with Gasteiger partial charge in [-0.1, -0.05) is 11.6 Å². The highest BCUT2D eigenvalue weighted by Gasteiger charge is 2.20. The van der Waals surface area contributed by atoms with E-state index in [1.807, 2.05) is 0 Å². The Hall–Kier alpha value is -2.93.